The van der Waals surface area contributed by atoms with Crippen LogP contribution in [0.2, 0.25) is 0 Å². The Labute approximate surface area is 138 Å². The summed E-state index contributed by atoms with van der Waals surface area (Å²) in [6.45, 7) is 1.75. The number of hydrogen-bond donors (Lipinski definition) is 2. The molecule has 130 valence electrons. The average molecular weight is 352 g/mol. The Bertz CT molecular complexity index is 858. The molecular formula is C14H11F3N6O2. The quantitative estimate of drug-likeness (QED) is 0.746. The number of aromatic amines is 1. The lowest BCUT2D eigenvalue weighted by Gasteiger charge is -2.13. The monoisotopic (exact) mass is 352 g/mol. The molecule has 0 bridgehead atoms. The lowest BCUT2D eigenvalue weighted by atomic mass is 10.1. The van der Waals surface area contributed by atoms with Crippen LogP contribution in [0.5, 0.6) is 0 Å². The Morgan fingerprint density at radius 3 is 2.56 bits per heavy atom. The van der Waals surface area contributed by atoms with Gasteiger partial charge in [0.1, 0.15) is 0 Å². The Kier molecular flexibility index (Phi) is 4.21. The van der Waals surface area contributed by atoms with Gasteiger partial charge in [-0.3, -0.25) is 4.79 Å². The number of hydrogen-bond acceptors (Lipinski definition) is 6. The van der Waals surface area contributed by atoms with Gasteiger partial charge in [-0.15, -0.1) is 0 Å². The zero-order valence-corrected chi connectivity index (χ0v) is 12.7. The third-order valence-electron chi connectivity index (χ3n) is 3.33. The Morgan fingerprint density at radius 2 is 2.00 bits per heavy atom. The van der Waals surface area contributed by atoms with Crippen molar-refractivity contribution < 1.29 is 22.5 Å². The summed E-state index contributed by atoms with van der Waals surface area (Å²) in [7, 11) is 0. The first-order valence-electron chi connectivity index (χ1n) is 7.02. The molecule has 0 fully saturated rings. The highest BCUT2D eigenvalue weighted by molar-refractivity contribution is 5.92. The van der Waals surface area contributed by atoms with E-state index in [2.05, 4.69) is 35.4 Å². The third kappa shape index (κ3) is 3.65. The number of carbonyl (C=O) groups is 1. The van der Waals surface area contributed by atoms with E-state index in [4.69, 9.17) is 0 Å². The lowest BCUT2D eigenvalue weighted by Crippen LogP contribution is -2.26. The van der Waals surface area contributed by atoms with Crippen LogP contribution >= 0.6 is 0 Å². The van der Waals surface area contributed by atoms with Crippen LogP contribution in [0.4, 0.5) is 13.2 Å². The van der Waals surface area contributed by atoms with Crippen molar-refractivity contribution in [3.8, 4) is 11.4 Å². The minimum absolute atomic E-state index is 0.148. The summed E-state index contributed by atoms with van der Waals surface area (Å²) in [4.78, 5) is 15.2. The number of amides is 1. The number of carbonyl (C=O) groups excluding carboxylic acids is 1. The summed E-state index contributed by atoms with van der Waals surface area (Å²) in [6.07, 6.45) is -3.40. The third-order valence-corrected chi connectivity index (χ3v) is 3.33. The fourth-order valence-corrected chi connectivity index (χ4v) is 2.04. The molecule has 1 aromatic carbocycles. The van der Waals surface area contributed by atoms with E-state index in [1.807, 2.05) is 0 Å². The van der Waals surface area contributed by atoms with Gasteiger partial charge in [-0.1, -0.05) is 29.4 Å². The molecule has 3 rings (SSSR count). The molecule has 0 aliphatic carbocycles. The van der Waals surface area contributed by atoms with Crippen LogP contribution < -0.4 is 5.32 Å². The van der Waals surface area contributed by atoms with Gasteiger partial charge in [-0.05, 0) is 12.5 Å². The zero-order valence-electron chi connectivity index (χ0n) is 12.7. The summed E-state index contributed by atoms with van der Waals surface area (Å²) in [6, 6.07) is 6.02. The van der Waals surface area contributed by atoms with E-state index in [9.17, 15) is 18.0 Å². The van der Waals surface area contributed by atoms with Gasteiger partial charge in [0.15, 0.2) is 5.69 Å². The van der Waals surface area contributed by atoms with E-state index in [1.165, 1.54) is 6.20 Å². The molecule has 2 heterocycles. The van der Waals surface area contributed by atoms with Crippen molar-refractivity contribution in [1.82, 2.24) is 30.9 Å². The number of nitrogens with one attached hydrogen (secondary N) is 2. The number of rotatable bonds is 4. The Morgan fingerprint density at radius 1 is 1.28 bits per heavy atom. The molecule has 0 aliphatic heterocycles. The Hall–Kier alpha value is -3.24. The van der Waals surface area contributed by atoms with E-state index >= 15 is 0 Å². The van der Waals surface area contributed by atoms with Crippen molar-refractivity contribution in [3.05, 3.63) is 47.6 Å². The van der Waals surface area contributed by atoms with E-state index in [0.29, 0.717) is 5.56 Å². The largest absolute Gasteiger partial charge is 0.471 e. The summed E-state index contributed by atoms with van der Waals surface area (Å²) in [5.74, 6) is -1.98. The SMILES string of the molecule is CC(NC(=O)c1cn[nH]n1)c1ccc(-c2noc(C(F)(F)F)n2)cc1. The minimum atomic E-state index is -4.69. The topological polar surface area (TPSA) is 110 Å². The molecule has 8 nitrogen and oxygen atoms in total. The van der Waals surface area contributed by atoms with Crippen molar-refractivity contribution in [2.75, 3.05) is 0 Å². The second-order valence-corrected chi connectivity index (χ2v) is 5.09. The number of aromatic nitrogens is 5. The maximum Gasteiger partial charge on any atom is 0.471 e. The van der Waals surface area contributed by atoms with Crippen LogP contribution in [-0.4, -0.2) is 31.5 Å². The van der Waals surface area contributed by atoms with Crippen LogP contribution in [0.3, 0.4) is 0 Å². The zero-order chi connectivity index (χ0) is 18.0. The molecule has 0 radical (unpaired) electrons. The molecule has 2 aromatic heterocycles. The second kappa shape index (κ2) is 6.34. The minimum Gasteiger partial charge on any atom is -0.344 e. The molecule has 1 unspecified atom stereocenters. The van der Waals surface area contributed by atoms with Crippen LogP contribution in [0.25, 0.3) is 11.4 Å². The van der Waals surface area contributed by atoms with E-state index in [0.717, 1.165) is 5.56 Å². The molecule has 1 amide bonds. The van der Waals surface area contributed by atoms with Crippen LogP contribution in [0, 0.1) is 0 Å². The highest BCUT2D eigenvalue weighted by Crippen LogP contribution is 2.29. The molecule has 0 saturated carbocycles. The van der Waals surface area contributed by atoms with Crippen molar-refractivity contribution in [2.45, 2.75) is 19.1 Å². The average Bonchev–Trinajstić information content (AvgIpc) is 3.26. The van der Waals surface area contributed by atoms with Crippen LogP contribution in [0.15, 0.2) is 35.0 Å². The number of alkyl halides is 3. The lowest BCUT2D eigenvalue weighted by molar-refractivity contribution is -0.159. The van der Waals surface area contributed by atoms with Gasteiger partial charge in [0.05, 0.1) is 12.2 Å². The van der Waals surface area contributed by atoms with Crippen LogP contribution in [-0.2, 0) is 6.18 Å². The van der Waals surface area contributed by atoms with E-state index in [-0.39, 0.29) is 17.6 Å². The highest BCUT2D eigenvalue weighted by atomic mass is 19.4. The smallest absolute Gasteiger partial charge is 0.344 e. The summed E-state index contributed by atoms with van der Waals surface area (Å²) in [5, 5.41) is 15.6. The number of H-pyrrole nitrogens is 1. The van der Waals surface area contributed by atoms with Gasteiger partial charge in [-0.25, -0.2) is 0 Å². The fourth-order valence-electron chi connectivity index (χ4n) is 2.04. The van der Waals surface area contributed by atoms with Gasteiger partial charge in [0.25, 0.3) is 5.91 Å². The number of benzene rings is 1. The summed E-state index contributed by atoms with van der Waals surface area (Å²) >= 11 is 0. The first-order valence-corrected chi connectivity index (χ1v) is 7.02. The van der Waals surface area contributed by atoms with Gasteiger partial charge in [-0.2, -0.15) is 33.6 Å². The molecule has 0 saturated heterocycles. The molecule has 2 N–H and O–H groups in total. The molecule has 3 aromatic rings. The fraction of sp³-hybridized carbons (Fsp3) is 0.214. The second-order valence-electron chi connectivity index (χ2n) is 5.09. The summed E-state index contributed by atoms with van der Waals surface area (Å²) in [5.41, 5.74) is 1.24. The molecular weight excluding hydrogens is 341 g/mol. The molecule has 0 aliphatic rings. The van der Waals surface area contributed by atoms with Gasteiger partial charge >= 0.3 is 12.1 Å². The van der Waals surface area contributed by atoms with E-state index < -0.39 is 18.0 Å². The van der Waals surface area contributed by atoms with Crippen molar-refractivity contribution in [2.24, 2.45) is 0 Å². The van der Waals surface area contributed by atoms with Crippen molar-refractivity contribution in [1.29, 1.82) is 0 Å². The Balaban J connectivity index is 1.71. The molecule has 25 heavy (non-hydrogen) atoms. The highest BCUT2D eigenvalue weighted by Gasteiger charge is 2.38. The number of halogens is 3. The standard InChI is InChI=1S/C14H11F3N6O2/c1-7(19-12(24)10-6-18-23-21-10)8-2-4-9(5-3-8)11-20-13(25-22-11)14(15,16)17/h2-7H,1H3,(H,19,24)(H,18,21,23). The molecule has 11 heteroatoms. The van der Waals surface area contributed by atoms with Crippen molar-refractivity contribution >= 4 is 5.91 Å². The van der Waals surface area contributed by atoms with Gasteiger partial charge in [0, 0.05) is 5.56 Å². The maximum atomic E-state index is 12.5. The van der Waals surface area contributed by atoms with Gasteiger partial charge < -0.3 is 9.84 Å². The number of nitrogens with zero attached hydrogens (tertiary/aromatic N) is 4. The normalized spacial score (nSPS) is 12.8. The molecule has 0 spiro atoms. The summed E-state index contributed by atoms with van der Waals surface area (Å²) < 4.78 is 41.6. The first kappa shape index (κ1) is 16.6. The first-order chi connectivity index (χ1) is 11.8. The van der Waals surface area contributed by atoms with Gasteiger partial charge in [0.2, 0.25) is 5.82 Å². The predicted molar refractivity (Wildman–Crippen MR) is 77.0 cm³/mol. The van der Waals surface area contributed by atoms with Crippen LogP contribution in [0.1, 0.15) is 34.9 Å². The van der Waals surface area contributed by atoms with Crippen molar-refractivity contribution in [3.63, 3.8) is 0 Å². The molecule has 1 atom stereocenters. The van der Waals surface area contributed by atoms with E-state index in [1.54, 1.807) is 31.2 Å². The maximum absolute atomic E-state index is 12.5. The predicted octanol–water partition coefficient (Wildman–Crippen LogP) is 2.36.